The predicted molar refractivity (Wildman–Crippen MR) is 48.7 cm³/mol. The van der Waals surface area contributed by atoms with Gasteiger partial charge in [-0.25, -0.2) is 0 Å². The summed E-state index contributed by atoms with van der Waals surface area (Å²) in [5, 5.41) is 0. The molecule has 70 valence electrons. The standard InChI is InChI=1S/C9H18N2O/c1-9(2,10)5-7-11-6-3-4-8(11)12/h3-7,10H2,1-2H3. The van der Waals surface area contributed by atoms with E-state index in [-0.39, 0.29) is 5.54 Å². The third kappa shape index (κ3) is 2.81. The topological polar surface area (TPSA) is 46.3 Å². The van der Waals surface area contributed by atoms with Gasteiger partial charge in [0, 0.05) is 25.0 Å². The van der Waals surface area contributed by atoms with Gasteiger partial charge in [-0.1, -0.05) is 0 Å². The molecule has 3 nitrogen and oxygen atoms in total. The van der Waals surface area contributed by atoms with Gasteiger partial charge in [-0.15, -0.1) is 0 Å². The maximum absolute atomic E-state index is 11.2. The fourth-order valence-electron chi connectivity index (χ4n) is 1.36. The van der Waals surface area contributed by atoms with Crippen LogP contribution in [0.3, 0.4) is 0 Å². The van der Waals surface area contributed by atoms with Gasteiger partial charge in [-0.2, -0.15) is 0 Å². The zero-order valence-electron chi connectivity index (χ0n) is 7.97. The van der Waals surface area contributed by atoms with Gasteiger partial charge < -0.3 is 10.6 Å². The maximum Gasteiger partial charge on any atom is 0.222 e. The molecule has 1 amide bonds. The van der Waals surface area contributed by atoms with E-state index in [1.165, 1.54) is 0 Å². The Balaban J connectivity index is 2.27. The highest BCUT2D eigenvalue weighted by Gasteiger charge is 2.21. The first-order valence-corrected chi connectivity index (χ1v) is 4.56. The van der Waals surface area contributed by atoms with Crippen LogP contribution in [0.25, 0.3) is 0 Å². The Morgan fingerprint density at radius 1 is 1.58 bits per heavy atom. The minimum atomic E-state index is -0.150. The zero-order chi connectivity index (χ0) is 9.19. The van der Waals surface area contributed by atoms with Crippen LogP contribution in [0.1, 0.15) is 33.1 Å². The lowest BCUT2D eigenvalue weighted by molar-refractivity contribution is -0.127. The molecule has 1 aliphatic heterocycles. The van der Waals surface area contributed by atoms with Crippen LogP contribution in [0.15, 0.2) is 0 Å². The van der Waals surface area contributed by atoms with E-state index < -0.39 is 0 Å². The molecule has 3 heteroatoms. The quantitative estimate of drug-likeness (QED) is 0.679. The first-order chi connectivity index (χ1) is 5.49. The van der Waals surface area contributed by atoms with Gasteiger partial charge >= 0.3 is 0 Å². The van der Waals surface area contributed by atoms with E-state index in [4.69, 9.17) is 5.73 Å². The van der Waals surface area contributed by atoms with Crippen molar-refractivity contribution in [2.45, 2.75) is 38.6 Å². The van der Waals surface area contributed by atoms with E-state index in [0.717, 1.165) is 32.4 Å². The summed E-state index contributed by atoms with van der Waals surface area (Å²) in [7, 11) is 0. The van der Waals surface area contributed by atoms with Crippen molar-refractivity contribution in [1.29, 1.82) is 0 Å². The van der Waals surface area contributed by atoms with Gasteiger partial charge in [0.25, 0.3) is 0 Å². The van der Waals surface area contributed by atoms with Gasteiger partial charge in [0.1, 0.15) is 0 Å². The molecular formula is C9H18N2O. The number of hydrogen-bond acceptors (Lipinski definition) is 2. The molecule has 0 aliphatic carbocycles. The Labute approximate surface area is 73.9 Å². The predicted octanol–water partition coefficient (Wildman–Crippen LogP) is 0.736. The summed E-state index contributed by atoms with van der Waals surface area (Å²) in [6.07, 6.45) is 2.63. The van der Waals surface area contributed by atoms with Crippen LogP contribution >= 0.6 is 0 Å². The molecule has 0 spiro atoms. The van der Waals surface area contributed by atoms with Crippen molar-refractivity contribution >= 4 is 5.91 Å². The Bertz CT molecular complexity index is 172. The number of rotatable bonds is 3. The minimum Gasteiger partial charge on any atom is -0.343 e. The highest BCUT2D eigenvalue weighted by Crippen LogP contribution is 2.12. The molecule has 0 aromatic carbocycles. The van der Waals surface area contributed by atoms with Crippen LogP contribution in [0.2, 0.25) is 0 Å². The van der Waals surface area contributed by atoms with E-state index in [2.05, 4.69) is 0 Å². The maximum atomic E-state index is 11.2. The van der Waals surface area contributed by atoms with Crippen molar-refractivity contribution in [1.82, 2.24) is 4.90 Å². The van der Waals surface area contributed by atoms with Crippen molar-refractivity contribution < 1.29 is 4.79 Å². The van der Waals surface area contributed by atoms with Crippen molar-refractivity contribution in [3.63, 3.8) is 0 Å². The normalized spacial score (nSPS) is 18.9. The van der Waals surface area contributed by atoms with Crippen molar-refractivity contribution in [2.75, 3.05) is 13.1 Å². The average molecular weight is 170 g/mol. The molecule has 1 aliphatic rings. The van der Waals surface area contributed by atoms with E-state index >= 15 is 0 Å². The van der Waals surface area contributed by atoms with Gasteiger partial charge in [0.2, 0.25) is 5.91 Å². The SMILES string of the molecule is CC(C)(N)CCN1CCCC1=O. The number of nitrogens with zero attached hydrogens (tertiary/aromatic N) is 1. The fourth-order valence-corrected chi connectivity index (χ4v) is 1.36. The number of carbonyl (C=O) groups excluding carboxylic acids is 1. The molecule has 0 saturated carbocycles. The molecule has 0 radical (unpaired) electrons. The molecule has 1 fully saturated rings. The van der Waals surface area contributed by atoms with Gasteiger partial charge in [-0.05, 0) is 26.7 Å². The molecule has 2 N–H and O–H groups in total. The summed E-state index contributed by atoms with van der Waals surface area (Å²) < 4.78 is 0. The Kier molecular flexibility index (Phi) is 2.73. The molecule has 1 heterocycles. The third-order valence-corrected chi connectivity index (χ3v) is 2.20. The smallest absolute Gasteiger partial charge is 0.222 e. The van der Waals surface area contributed by atoms with E-state index in [1.54, 1.807) is 0 Å². The summed E-state index contributed by atoms with van der Waals surface area (Å²) in [6.45, 7) is 5.73. The number of amides is 1. The van der Waals surface area contributed by atoms with Crippen LogP contribution in [0.4, 0.5) is 0 Å². The third-order valence-electron chi connectivity index (χ3n) is 2.20. The molecular weight excluding hydrogens is 152 g/mol. The van der Waals surface area contributed by atoms with Crippen molar-refractivity contribution in [3.05, 3.63) is 0 Å². The van der Waals surface area contributed by atoms with Crippen LogP contribution in [0, 0.1) is 0 Å². The van der Waals surface area contributed by atoms with Crippen molar-refractivity contribution in [2.24, 2.45) is 5.73 Å². The lowest BCUT2D eigenvalue weighted by Gasteiger charge is -2.23. The molecule has 0 atom stereocenters. The van der Waals surface area contributed by atoms with E-state index in [0.29, 0.717) is 5.91 Å². The second-order valence-corrected chi connectivity index (χ2v) is 4.22. The Morgan fingerprint density at radius 2 is 2.25 bits per heavy atom. The Hall–Kier alpha value is -0.570. The molecule has 1 saturated heterocycles. The summed E-state index contributed by atoms with van der Waals surface area (Å²) >= 11 is 0. The average Bonchev–Trinajstić information content (AvgIpc) is 2.29. The highest BCUT2D eigenvalue weighted by atomic mass is 16.2. The lowest BCUT2D eigenvalue weighted by Crippen LogP contribution is -2.37. The summed E-state index contributed by atoms with van der Waals surface area (Å²) in [6, 6.07) is 0. The molecule has 0 bridgehead atoms. The van der Waals surface area contributed by atoms with Gasteiger partial charge in [-0.3, -0.25) is 4.79 Å². The highest BCUT2D eigenvalue weighted by molar-refractivity contribution is 5.77. The second-order valence-electron chi connectivity index (χ2n) is 4.22. The van der Waals surface area contributed by atoms with E-state index in [9.17, 15) is 4.79 Å². The molecule has 0 unspecified atom stereocenters. The largest absolute Gasteiger partial charge is 0.343 e. The van der Waals surface area contributed by atoms with Gasteiger partial charge in [0.15, 0.2) is 0 Å². The molecule has 0 aromatic heterocycles. The Morgan fingerprint density at radius 3 is 2.67 bits per heavy atom. The van der Waals surface area contributed by atoms with Crippen molar-refractivity contribution in [3.8, 4) is 0 Å². The fraction of sp³-hybridized carbons (Fsp3) is 0.889. The first-order valence-electron chi connectivity index (χ1n) is 4.56. The monoisotopic (exact) mass is 170 g/mol. The van der Waals surface area contributed by atoms with E-state index in [1.807, 2.05) is 18.7 Å². The summed E-state index contributed by atoms with van der Waals surface area (Å²) in [5.41, 5.74) is 5.67. The molecule has 0 aromatic rings. The van der Waals surface area contributed by atoms with Crippen LogP contribution in [-0.4, -0.2) is 29.4 Å². The first kappa shape index (κ1) is 9.52. The number of carbonyl (C=O) groups is 1. The second kappa shape index (κ2) is 3.44. The summed E-state index contributed by atoms with van der Waals surface area (Å²) in [5.74, 6) is 0.291. The van der Waals surface area contributed by atoms with Crippen LogP contribution < -0.4 is 5.73 Å². The molecule has 12 heavy (non-hydrogen) atoms. The number of likely N-dealkylation sites (tertiary alicyclic amines) is 1. The lowest BCUT2D eigenvalue weighted by atomic mass is 10.0. The number of nitrogens with two attached hydrogens (primary N) is 1. The minimum absolute atomic E-state index is 0.150. The zero-order valence-corrected chi connectivity index (χ0v) is 7.97. The van der Waals surface area contributed by atoms with Crippen LogP contribution in [-0.2, 0) is 4.79 Å². The van der Waals surface area contributed by atoms with Gasteiger partial charge in [0.05, 0.1) is 0 Å². The van der Waals surface area contributed by atoms with Crippen LogP contribution in [0.5, 0.6) is 0 Å². The molecule has 1 rings (SSSR count). The summed E-state index contributed by atoms with van der Waals surface area (Å²) in [4.78, 5) is 13.1. The number of hydrogen-bond donors (Lipinski definition) is 1.